The summed E-state index contributed by atoms with van der Waals surface area (Å²) >= 11 is 0. The number of aliphatic hydroxyl groups excluding tert-OH is 1. The predicted molar refractivity (Wildman–Crippen MR) is 106 cm³/mol. The van der Waals surface area contributed by atoms with E-state index in [2.05, 4.69) is 28.9 Å². The average Bonchev–Trinajstić information content (AvgIpc) is 3.00. The van der Waals surface area contributed by atoms with E-state index in [0.717, 1.165) is 28.4 Å². The van der Waals surface area contributed by atoms with Crippen LogP contribution in [0.3, 0.4) is 0 Å². The molecule has 1 fully saturated rings. The maximum Gasteiger partial charge on any atom is 0.313 e. The molecule has 6 nitrogen and oxygen atoms in total. The fourth-order valence-corrected chi connectivity index (χ4v) is 3.94. The Morgan fingerprint density at radius 1 is 1.15 bits per heavy atom. The minimum atomic E-state index is -0.664. The van der Waals surface area contributed by atoms with Gasteiger partial charge in [0.25, 0.3) is 0 Å². The van der Waals surface area contributed by atoms with Crippen molar-refractivity contribution in [3.8, 4) is 0 Å². The molecule has 2 amide bonds. The highest BCUT2D eigenvalue weighted by atomic mass is 16.3. The first kappa shape index (κ1) is 17.5. The largest absolute Gasteiger partial charge is 0.391 e. The van der Waals surface area contributed by atoms with Crippen LogP contribution in [0.1, 0.15) is 19.8 Å². The average molecular weight is 365 g/mol. The number of aryl methyl sites for hydroxylation is 1. The Morgan fingerprint density at radius 3 is 2.70 bits per heavy atom. The van der Waals surface area contributed by atoms with E-state index < -0.39 is 17.9 Å². The highest BCUT2D eigenvalue weighted by Gasteiger charge is 2.27. The van der Waals surface area contributed by atoms with Crippen LogP contribution in [0.4, 0.5) is 5.69 Å². The number of nitrogens with zero attached hydrogens (tertiary/aromatic N) is 2. The molecule has 1 aliphatic rings. The zero-order valence-corrected chi connectivity index (χ0v) is 15.3. The standard InChI is InChI=1S/C21H23N3O3/c1-2-24-18-8-4-3-7-16(18)17-12-14(9-10-19(17)24)22-20(26)21(27)23-11-5-6-15(25)13-23/h3-4,7-10,12,15,25H,2,5-6,11,13H2,1H3,(H,22,26)/t15-/m0/s1. The molecule has 6 heteroatoms. The van der Waals surface area contributed by atoms with Crippen LogP contribution in [-0.2, 0) is 16.1 Å². The monoisotopic (exact) mass is 365 g/mol. The molecule has 140 valence electrons. The summed E-state index contributed by atoms with van der Waals surface area (Å²) < 4.78 is 2.23. The van der Waals surface area contributed by atoms with Crippen molar-refractivity contribution in [2.45, 2.75) is 32.4 Å². The summed E-state index contributed by atoms with van der Waals surface area (Å²) in [6.45, 7) is 3.68. The zero-order valence-electron chi connectivity index (χ0n) is 15.3. The highest BCUT2D eigenvalue weighted by Crippen LogP contribution is 2.31. The molecule has 1 aromatic heterocycles. The normalized spacial score (nSPS) is 17.4. The first-order valence-corrected chi connectivity index (χ1v) is 9.37. The van der Waals surface area contributed by atoms with Crippen LogP contribution in [0, 0.1) is 0 Å². The Labute approximate surface area is 157 Å². The number of para-hydroxylation sites is 1. The number of anilines is 1. The van der Waals surface area contributed by atoms with E-state index in [1.54, 1.807) is 0 Å². The van der Waals surface area contributed by atoms with Crippen LogP contribution >= 0.6 is 0 Å². The van der Waals surface area contributed by atoms with Gasteiger partial charge in [-0.2, -0.15) is 0 Å². The molecule has 1 aliphatic heterocycles. The summed E-state index contributed by atoms with van der Waals surface area (Å²) in [4.78, 5) is 26.2. The number of nitrogens with one attached hydrogen (secondary N) is 1. The van der Waals surface area contributed by atoms with Gasteiger partial charge in [-0.1, -0.05) is 18.2 Å². The molecule has 4 rings (SSSR count). The summed E-state index contributed by atoms with van der Waals surface area (Å²) in [5, 5.41) is 14.6. The zero-order chi connectivity index (χ0) is 19.0. The first-order valence-electron chi connectivity index (χ1n) is 9.37. The molecule has 3 aromatic rings. The Balaban J connectivity index is 1.62. The first-order chi connectivity index (χ1) is 13.1. The third kappa shape index (κ3) is 3.17. The molecule has 0 unspecified atom stereocenters. The summed E-state index contributed by atoms with van der Waals surface area (Å²) in [6, 6.07) is 13.9. The molecule has 2 N–H and O–H groups in total. The number of carbonyl (C=O) groups excluding carboxylic acids is 2. The number of likely N-dealkylation sites (tertiary alicyclic amines) is 1. The molecule has 0 bridgehead atoms. The van der Waals surface area contributed by atoms with Gasteiger partial charge in [-0.3, -0.25) is 9.59 Å². The van der Waals surface area contributed by atoms with Gasteiger partial charge in [0, 0.05) is 47.1 Å². The maximum absolute atomic E-state index is 12.4. The number of aliphatic hydroxyl groups is 1. The van der Waals surface area contributed by atoms with Crippen molar-refractivity contribution in [3.05, 3.63) is 42.5 Å². The molecular weight excluding hydrogens is 342 g/mol. The van der Waals surface area contributed by atoms with Crippen LogP contribution in [0.2, 0.25) is 0 Å². The van der Waals surface area contributed by atoms with Gasteiger partial charge in [0.2, 0.25) is 0 Å². The van der Waals surface area contributed by atoms with Crippen LogP contribution in [0.25, 0.3) is 21.8 Å². The van der Waals surface area contributed by atoms with Gasteiger partial charge in [0.1, 0.15) is 0 Å². The molecular formula is C21H23N3O3. The third-order valence-electron chi connectivity index (χ3n) is 5.22. The van der Waals surface area contributed by atoms with E-state index in [1.807, 2.05) is 30.3 Å². The molecule has 2 aromatic carbocycles. The lowest BCUT2D eigenvalue weighted by Crippen LogP contribution is -2.46. The lowest BCUT2D eigenvalue weighted by atomic mass is 10.1. The van der Waals surface area contributed by atoms with Crippen LogP contribution < -0.4 is 5.32 Å². The molecule has 0 saturated carbocycles. The Bertz CT molecular complexity index is 1020. The van der Waals surface area contributed by atoms with Crippen LogP contribution in [0.15, 0.2) is 42.5 Å². The Kier molecular flexibility index (Phi) is 4.58. The number of benzene rings is 2. The van der Waals surface area contributed by atoms with Crippen molar-refractivity contribution < 1.29 is 14.7 Å². The molecule has 2 heterocycles. The predicted octanol–water partition coefficient (Wildman–Crippen LogP) is 2.74. The lowest BCUT2D eigenvalue weighted by Gasteiger charge is -2.29. The van der Waals surface area contributed by atoms with Gasteiger partial charge < -0.3 is 19.9 Å². The molecule has 27 heavy (non-hydrogen) atoms. The number of β-amino-alcohol motifs (C(OH)–C–C–N with tert-alkyl or cyclic N) is 1. The van der Waals surface area contributed by atoms with Gasteiger partial charge >= 0.3 is 11.8 Å². The number of fused-ring (bicyclic) bond motifs is 3. The minimum Gasteiger partial charge on any atom is -0.391 e. The van der Waals surface area contributed by atoms with Crippen molar-refractivity contribution in [2.75, 3.05) is 18.4 Å². The number of aromatic nitrogens is 1. The van der Waals surface area contributed by atoms with Crippen LogP contribution in [0.5, 0.6) is 0 Å². The number of hydrogen-bond acceptors (Lipinski definition) is 3. The lowest BCUT2D eigenvalue weighted by molar-refractivity contribution is -0.145. The van der Waals surface area contributed by atoms with E-state index >= 15 is 0 Å². The van der Waals surface area contributed by atoms with Crippen molar-refractivity contribution in [1.29, 1.82) is 0 Å². The van der Waals surface area contributed by atoms with Crippen molar-refractivity contribution in [2.24, 2.45) is 0 Å². The maximum atomic E-state index is 12.4. The fraction of sp³-hybridized carbons (Fsp3) is 0.333. The van der Waals surface area contributed by atoms with Gasteiger partial charge in [0.05, 0.1) is 6.10 Å². The van der Waals surface area contributed by atoms with Gasteiger partial charge in [-0.05, 0) is 44.0 Å². The quantitative estimate of drug-likeness (QED) is 0.686. The van der Waals surface area contributed by atoms with Crippen molar-refractivity contribution in [1.82, 2.24) is 9.47 Å². The van der Waals surface area contributed by atoms with Crippen molar-refractivity contribution in [3.63, 3.8) is 0 Å². The second-order valence-corrected chi connectivity index (χ2v) is 6.99. The summed E-state index contributed by atoms with van der Waals surface area (Å²) in [6.07, 6.45) is 0.832. The molecule has 0 aliphatic carbocycles. The highest BCUT2D eigenvalue weighted by molar-refractivity contribution is 6.39. The minimum absolute atomic E-state index is 0.218. The number of carbonyl (C=O) groups is 2. The van der Waals surface area contributed by atoms with E-state index in [0.29, 0.717) is 25.1 Å². The third-order valence-corrected chi connectivity index (χ3v) is 5.22. The molecule has 1 atom stereocenters. The van der Waals surface area contributed by atoms with E-state index in [-0.39, 0.29) is 6.54 Å². The van der Waals surface area contributed by atoms with Gasteiger partial charge in [0.15, 0.2) is 0 Å². The number of hydrogen-bond donors (Lipinski definition) is 2. The van der Waals surface area contributed by atoms with Gasteiger partial charge in [-0.25, -0.2) is 0 Å². The number of rotatable bonds is 2. The molecule has 1 saturated heterocycles. The SMILES string of the molecule is CCn1c2ccccc2c2cc(NC(=O)C(=O)N3CCC[C@H](O)C3)ccc21. The number of amides is 2. The second-order valence-electron chi connectivity index (χ2n) is 6.99. The van der Waals surface area contributed by atoms with Crippen LogP contribution in [-0.4, -0.2) is 45.6 Å². The van der Waals surface area contributed by atoms with Gasteiger partial charge in [-0.15, -0.1) is 0 Å². The van der Waals surface area contributed by atoms with E-state index in [4.69, 9.17) is 0 Å². The van der Waals surface area contributed by atoms with E-state index in [1.165, 1.54) is 4.90 Å². The Morgan fingerprint density at radius 2 is 1.93 bits per heavy atom. The van der Waals surface area contributed by atoms with Crippen molar-refractivity contribution >= 4 is 39.3 Å². The van der Waals surface area contributed by atoms with E-state index in [9.17, 15) is 14.7 Å². The summed E-state index contributed by atoms with van der Waals surface area (Å²) in [5.41, 5.74) is 2.84. The fourth-order valence-electron chi connectivity index (χ4n) is 3.94. The molecule has 0 spiro atoms. The summed E-state index contributed by atoms with van der Waals surface area (Å²) in [7, 11) is 0. The smallest absolute Gasteiger partial charge is 0.313 e. The molecule has 0 radical (unpaired) electrons. The Hall–Kier alpha value is -2.86. The summed E-state index contributed by atoms with van der Waals surface area (Å²) in [5.74, 6) is -1.26. The number of piperidine rings is 1. The second kappa shape index (κ2) is 7.04. The topological polar surface area (TPSA) is 74.6 Å².